The number of carboxylic acids is 1. The normalized spacial score (nSPS) is 12.1. The Morgan fingerprint density at radius 1 is 1.56 bits per heavy atom. The number of carboxylic acid groups (broad SMARTS) is 1. The second kappa shape index (κ2) is 5.37. The summed E-state index contributed by atoms with van der Waals surface area (Å²) < 4.78 is 5.18. The molecule has 1 rings (SSSR count). The van der Waals surface area contributed by atoms with Crippen molar-refractivity contribution < 1.29 is 19.7 Å². The van der Waals surface area contributed by atoms with Crippen molar-refractivity contribution in [1.82, 2.24) is 0 Å². The monoisotopic (exact) mass is 225 g/mol. The van der Waals surface area contributed by atoms with E-state index in [0.717, 1.165) is 0 Å². The number of carbonyl (C=O) groups is 1. The zero-order valence-corrected chi connectivity index (χ0v) is 9.01. The molecule has 1 unspecified atom stereocenters. The minimum Gasteiger partial charge on any atom is -0.504 e. The number of aromatic hydroxyl groups is 1. The Hall–Kier alpha value is -1.75. The molecule has 0 radical (unpaired) electrons. The maximum absolute atomic E-state index is 10.6. The van der Waals surface area contributed by atoms with Gasteiger partial charge in [0.05, 0.1) is 6.61 Å². The van der Waals surface area contributed by atoms with E-state index in [4.69, 9.17) is 15.6 Å². The van der Waals surface area contributed by atoms with Crippen LogP contribution in [0.2, 0.25) is 0 Å². The van der Waals surface area contributed by atoms with Gasteiger partial charge in [0.2, 0.25) is 0 Å². The van der Waals surface area contributed by atoms with Crippen LogP contribution in [0.3, 0.4) is 0 Å². The highest BCUT2D eigenvalue weighted by Crippen LogP contribution is 2.30. The van der Waals surface area contributed by atoms with Gasteiger partial charge < -0.3 is 20.7 Å². The highest BCUT2D eigenvalue weighted by molar-refractivity contribution is 5.73. The van der Waals surface area contributed by atoms with Gasteiger partial charge >= 0.3 is 5.97 Å². The Kier molecular flexibility index (Phi) is 4.13. The molecule has 0 aromatic heterocycles. The molecule has 16 heavy (non-hydrogen) atoms. The molecule has 0 spiro atoms. The van der Waals surface area contributed by atoms with Crippen molar-refractivity contribution in [3.05, 3.63) is 23.8 Å². The minimum atomic E-state index is -1.10. The van der Waals surface area contributed by atoms with Gasteiger partial charge in [-0.3, -0.25) is 4.79 Å². The third kappa shape index (κ3) is 2.87. The molecule has 0 bridgehead atoms. The second-order valence-electron chi connectivity index (χ2n) is 3.35. The van der Waals surface area contributed by atoms with Gasteiger partial charge in [-0.25, -0.2) is 0 Å². The van der Waals surface area contributed by atoms with E-state index < -0.39 is 12.0 Å². The lowest BCUT2D eigenvalue weighted by Gasteiger charge is -2.11. The zero-order valence-electron chi connectivity index (χ0n) is 9.01. The molecule has 0 heterocycles. The molecule has 1 aromatic carbocycles. The average molecular weight is 225 g/mol. The van der Waals surface area contributed by atoms with E-state index in [0.29, 0.717) is 17.9 Å². The van der Waals surface area contributed by atoms with Gasteiger partial charge in [0.25, 0.3) is 0 Å². The van der Waals surface area contributed by atoms with Crippen LogP contribution in [0.4, 0.5) is 0 Å². The number of hydrogen-bond acceptors (Lipinski definition) is 4. The minimum absolute atomic E-state index is 0.0407. The molecule has 5 heteroatoms. The van der Waals surface area contributed by atoms with E-state index in [-0.39, 0.29) is 12.2 Å². The average Bonchev–Trinajstić information content (AvgIpc) is 2.24. The van der Waals surface area contributed by atoms with Crippen molar-refractivity contribution in [3.63, 3.8) is 0 Å². The van der Waals surface area contributed by atoms with Crippen molar-refractivity contribution in [2.24, 2.45) is 5.73 Å². The third-order valence-corrected chi connectivity index (χ3v) is 2.14. The summed E-state index contributed by atoms with van der Waals surface area (Å²) in [5, 5.41) is 18.4. The van der Waals surface area contributed by atoms with Crippen molar-refractivity contribution in [1.29, 1.82) is 0 Å². The molecule has 4 N–H and O–H groups in total. The number of phenols is 1. The van der Waals surface area contributed by atoms with Crippen LogP contribution < -0.4 is 10.5 Å². The topological polar surface area (TPSA) is 92.8 Å². The SMILES string of the molecule is CCOc1cccc(CC(N)C(=O)O)c1O. The molecule has 0 saturated heterocycles. The van der Waals surface area contributed by atoms with Gasteiger partial charge in [-0.2, -0.15) is 0 Å². The number of nitrogens with two attached hydrogens (primary N) is 1. The largest absolute Gasteiger partial charge is 0.504 e. The first kappa shape index (κ1) is 12.3. The predicted molar refractivity (Wildman–Crippen MR) is 58.6 cm³/mol. The van der Waals surface area contributed by atoms with Crippen molar-refractivity contribution >= 4 is 5.97 Å². The molecule has 0 aliphatic rings. The van der Waals surface area contributed by atoms with E-state index >= 15 is 0 Å². The fraction of sp³-hybridized carbons (Fsp3) is 0.364. The lowest BCUT2D eigenvalue weighted by atomic mass is 10.1. The fourth-order valence-corrected chi connectivity index (χ4v) is 1.33. The lowest BCUT2D eigenvalue weighted by molar-refractivity contribution is -0.138. The quantitative estimate of drug-likeness (QED) is 0.687. The molecule has 1 atom stereocenters. The summed E-state index contributed by atoms with van der Waals surface area (Å²) in [4.78, 5) is 10.6. The van der Waals surface area contributed by atoms with Gasteiger partial charge in [0.15, 0.2) is 11.5 Å². The van der Waals surface area contributed by atoms with Gasteiger partial charge in [-0.15, -0.1) is 0 Å². The van der Waals surface area contributed by atoms with Crippen LogP contribution in [0.5, 0.6) is 11.5 Å². The van der Waals surface area contributed by atoms with E-state index in [1.54, 1.807) is 25.1 Å². The predicted octanol–water partition coefficient (Wildman–Crippen LogP) is 0.745. The Bertz CT molecular complexity index is 378. The molecule has 0 fully saturated rings. The fourth-order valence-electron chi connectivity index (χ4n) is 1.33. The van der Waals surface area contributed by atoms with E-state index in [9.17, 15) is 9.90 Å². The van der Waals surface area contributed by atoms with Crippen LogP contribution in [-0.2, 0) is 11.2 Å². The van der Waals surface area contributed by atoms with Crippen LogP contribution in [-0.4, -0.2) is 28.8 Å². The summed E-state index contributed by atoms with van der Waals surface area (Å²) in [6.07, 6.45) is 0.0715. The number of rotatable bonds is 5. The molecule has 88 valence electrons. The van der Waals surface area contributed by atoms with Crippen LogP contribution in [0.25, 0.3) is 0 Å². The van der Waals surface area contributed by atoms with Gasteiger partial charge in [-0.05, 0) is 18.6 Å². The second-order valence-corrected chi connectivity index (χ2v) is 3.35. The van der Waals surface area contributed by atoms with Crippen LogP contribution in [0, 0.1) is 0 Å². The summed E-state index contributed by atoms with van der Waals surface area (Å²) in [5.41, 5.74) is 5.86. The molecule has 1 aromatic rings. The molecule has 5 nitrogen and oxygen atoms in total. The Morgan fingerprint density at radius 3 is 2.81 bits per heavy atom. The zero-order chi connectivity index (χ0) is 12.1. The molecule has 0 saturated carbocycles. The Morgan fingerprint density at radius 2 is 2.25 bits per heavy atom. The maximum Gasteiger partial charge on any atom is 0.320 e. The van der Waals surface area contributed by atoms with Gasteiger partial charge in [-0.1, -0.05) is 12.1 Å². The van der Waals surface area contributed by atoms with Gasteiger partial charge in [0, 0.05) is 6.42 Å². The highest BCUT2D eigenvalue weighted by atomic mass is 16.5. The van der Waals surface area contributed by atoms with Crippen LogP contribution in [0.1, 0.15) is 12.5 Å². The highest BCUT2D eigenvalue weighted by Gasteiger charge is 2.16. The third-order valence-electron chi connectivity index (χ3n) is 2.14. The van der Waals surface area contributed by atoms with E-state index in [2.05, 4.69) is 0 Å². The molecular formula is C11H15NO4. The number of phenolic OH excluding ortho intramolecular Hbond substituents is 1. The van der Waals surface area contributed by atoms with E-state index in [1.165, 1.54) is 0 Å². The summed E-state index contributed by atoms with van der Waals surface area (Å²) in [6.45, 7) is 2.23. The molecule has 0 aliphatic heterocycles. The Labute approximate surface area is 93.5 Å². The summed E-state index contributed by atoms with van der Waals surface area (Å²) >= 11 is 0. The summed E-state index contributed by atoms with van der Waals surface area (Å²) in [6, 6.07) is 3.91. The van der Waals surface area contributed by atoms with Crippen molar-refractivity contribution in [2.45, 2.75) is 19.4 Å². The smallest absolute Gasteiger partial charge is 0.320 e. The first-order chi connectivity index (χ1) is 7.56. The number of para-hydroxylation sites is 1. The van der Waals surface area contributed by atoms with Gasteiger partial charge in [0.1, 0.15) is 6.04 Å². The number of ether oxygens (including phenoxy) is 1. The van der Waals surface area contributed by atoms with Crippen molar-refractivity contribution in [2.75, 3.05) is 6.61 Å². The van der Waals surface area contributed by atoms with Crippen LogP contribution in [0.15, 0.2) is 18.2 Å². The Balaban J connectivity index is 2.88. The molecule has 0 amide bonds. The number of aliphatic carboxylic acids is 1. The molecule has 0 aliphatic carbocycles. The summed E-state index contributed by atoms with van der Waals surface area (Å²) in [5.74, 6) is -0.792. The first-order valence-electron chi connectivity index (χ1n) is 4.98. The first-order valence-corrected chi connectivity index (χ1v) is 4.98. The van der Waals surface area contributed by atoms with Crippen molar-refractivity contribution in [3.8, 4) is 11.5 Å². The molecular weight excluding hydrogens is 210 g/mol. The van der Waals surface area contributed by atoms with Crippen LogP contribution >= 0.6 is 0 Å². The number of hydrogen-bond donors (Lipinski definition) is 3. The standard InChI is InChI=1S/C11H15NO4/c1-2-16-9-5-3-4-7(10(9)13)6-8(12)11(14)15/h3-5,8,13H,2,6,12H2,1H3,(H,14,15). The number of benzene rings is 1. The maximum atomic E-state index is 10.6. The lowest BCUT2D eigenvalue weighted by Crippen LogP contribution is -2.32. The summed E-state index contributed by atoms with van der Waals surface area (Å²) in [7, 11) is 0. The van der Waals surface area contributed by atoms with E-state index in [1.807, 2.05) is 0 Å².